The van der Waals surface area contributed by atoms with Gasteiger partial charge >= 0.3 is 0 Å². The molecule has 1 aromatic carbocycles. The molecule has 0 unspecified atom stereocenters. The number of nitrogens with zero attached hydrogens (tertiary/aromatic N) is 2. The molecular formula is C12H15N3. The first-order valence-electron chi connectivity index (χ1n) is 5.49. The van der Waals surface area contributed by atoms with Crippen molar-refractivity contribution >= 4 is 11.0 Å². The molecule has 1 aliphatic rings. The Bertz CT molecular complexity index is 441. The Hall–Kier alpha value is -1.35. The van der Waals surface area contributed by atoms with Crippen LogP contribution in [0.2, 0.25) is 0 Å². The second kappa shape index (κ2) is 3.35. The molecule has 1 N–H and O–H groups in total. The van der Waals surface area contributed by atoms with Gasteiger partial charge in [0, 0.05) is 0 Å². The first kappa shape index (κ1) is 8.92. The third kappa shape index (κ3) is 1.43. The Balaban J connectivity index is 2.04. The summed E-state index contributed by atoms with van der Waals surface area (Å²) in [5, 5.41) is 0. The van der Waals surface area contributed by atoms with Crippen molar-refractivity contribution in [2.24, 2.45) is 0 Å². The molecule has 1 saturated heterocycles. The van der Waals surface area contributed by atoms with Gasteiger partial charge in [0.15, 0.2) is 0 Å². The van der Waals surface area contributed by atoms with Gasteiger partial charge in [-0.1, -0.05) is 12.1 Å². The molecule has 1 aliphatic heterocycles. The molecule has 1 fully saturated rings. The number of hydrogen-bond donors (Lipinski definition) is 1. The summed E-state index contributed by atoms with van der Waals surface area (Å²) in [7, 11) is 2.17. The van der Waals surface area contributed by atoms with Crippen LogP contribution in [-0.2, 0) is 0 Å². The zero-order chi connectivity index (χ0) is 10.3. The summed E-state index contributed by atoms with van der Waals surface area (Å²) in [5.74, 6) is 1.12. The minimum atomic E-state index is 0.484. The van der Waals surface area contributed by atoms with Crippen LogP contribution < -0.4 is 0 Å². The molecule has 1 aromatic heterocycles. The first-order chi connectivity index (χ1) is 7.34. The maximum Gasteiger partial charge on any atom is 0.124 e. The summed E-state index contributed by atoms with van der Waals surface area (Å²) in [6.45, 7) is 1.18. The van der Waals surface area contributed by atoms with E-state index in [0.29, 0.717) is 6.04 Å². The molecule has 0 amide bonds. The maximum absolute atomic E-state index is 4.65. The van der Waals surface area contributed by atoms with Gasteiger partial charge in [-0.05, 0) is 38.6 Å². The Labute approximate surface area is 89.1 Å². The van der Waals surface area contributed by atoms with Crippen molar-refractivity contribution in [3.8, 4) is 0 Å². The zero-order valence-electron chi connectivity index (χ0n) is 8.90. The number of nitrogens with one attached hydrogen (secondary N) is 1. The number of para-hydroxylation sites is 2. The van der Waals surface area contributed by atoms with Gasteiger partial charge in [0.05, 0.1) is 17.1 Å². The zero-order valence-corrected chi connectivity index (χ0v) is 8.90. The highest BCUT2D eigenvalue weighted by molar-refractivity contribution is 5.74. The van der Waals surface area contributed by atoms with Crippen molar-refractivity contribution in [3.63, 3.8) is 0 Å². The quantitative estimate of drug-likeness (QED) is 0.768. The van der Waals surface area contributed by atoms with E-state index in [2.05, 4.69) is 34.0 Å². The number of imidazole rings is 1. The molecule has 78 valence electrons. The highest BCUT2D eigenvalue weighted by Gasteiger charge is 2.24. The van der Waals surface area contributed by atoms with Crippen molar-refractivity contribution in [3.05, 3.63) is 30.1 Å². The summed E-state index contributed by atoms with van der Waals surface area (Å²) in [6, 6.07) is 8.70. The van der Waals surface area contributed by atoms with Gasteiger partial charge in [-0.3, -0.25) is 4.90 Å². The van der Waals surface area contributed by atoms with Crippen LogP contribution >= 0.6 is 0 Å². The maximum atomic E-state index is 4.65. The predicted octanol–water partition coefficient (Wildman–Crippen LogP) is 2.33. The van der Waals surface area contributed by atoms with Crippen molar-refractivity contribution in [1.29, 1.82) is 0 Å². The summed E-state index contributed by atoms with van der Waals surface area (Å²) in [5.41, 5.74) is 2.22. The molecule has 2 aromatic rings. The van der Waals surface area contributed by atoms with Crippen molar-refractivity contribution in [2.45, 2.75) is 18.9 Å². The largest absolute Gasteiger partial charge is 0.341 e. The Kier molecular flexibility index (Phi) is 1.99. The molecule has 2 heterocycles. The van der Waals surface area contributed by atoms with E-state index in [-0.39, 0.29) is 0 Å². The second-order valence-corrected chi connectivity index (χ2v) is 4.28. The number of likely N-dealkylation sites (tertiary alicyclic amines) is 1. The number of hydrogen-bond acceptors (Lipinski definition) is 2. The lowest BCUT2D eigenvalue weighted by molar-refractivity contribution is 0.307. The van der Waals surface area contributed by atoms with Gasteiger partial charge < -0.3 is 4.98 Å². The summed E-state index contributed by atoms with van der Waals surface area (Å²) >= 11 is 0. The molecule has 0 bridgehead atoms. The SMILES string of the molecule is CN1CCC[C@H]1c1nc2ccccc2[nH]1. The van der Waals surface area contributed by atoms with Crippen molar-refractivity contribution in [1.82, 2.24) is 14.9 Å². The molecular weight excluding hydrogens is 186 g/mol. The number of aromatic amines is 1. The fourth-order valence-corrected chi connectivity index (χ4v) is 2.39. The van der Waals surface area contributed by atoms with Gasteiger partial charge in [-0.2, -0.15) is 0 Å². The molecule has 0 saturated carbocycles. The topological polar surface area (TPSA) is 31.9 Å². The fraction of sp³-hybridized carbons (Fsp3) is 0.417. The van der Waals surface area contributed by atoms with E-state index >= 15 is 0 Å². The van der Waals surface area contributed by atoms with Crippen molar-refractivity contribution < 1.29 is 0 Å². The Morgan fingerprint density at radius 3 is 3.00 bits per heavy atom. The molecule has 0 radical (unpaired) electrons. The number of aromatic nitrogens is 2. The molecule has 3 heteroatoms. The van der Waals surface area contributed by atoms with Gasteiger partial charge in [0.1, 0.15) is 5.82 Å². The normalized spacial score (nSPS) is 22.6. The second-order valence-electron chi connectivity index (χ2n) is 4.28. The number of benzene rings is 1. The lowest BCUT2D eigenvalue weighted by atomic mass is 10.2. The van der Waals surface area contributed by atoms with Gasteiger partial charge in [0.25, 0.3) is 0 Å². The number of rotatable bonds is 1. The van der Waals surface area contributed by atoms with E-state index in [1.54, 1.807) is 0 Å². The summed E-state index contributed by atoms with van der Waals surface area (Å²) in [4.78, 5) is 10.4. The minimum absolute atomic E-state index is 0.484. The van der Waals surface area contributed by atoms with Crippen LogP contribution in [0.5, 0.6) is 0 Å². The average Bonchev–Trinajstić information content (AvgIpc) is 2.82. The van der Waals surface area contributed by atoms with Crippen LogP contribution in [0, 0.1) is 0 Å². The van der Waals surface area contributed by atoms with E-state index in [1.165, 1.54) is 19.4 Å². The third-order valence-corrected chi connectivity index (χ3v) is 3.24. The van der Waals surface area contributed by atoms with Crippen LogP contribution in [0.1, 0.15) is 24.7 Å². The number of fused-ring (bicyclic) bond motifs is 1. The monoisotopic (exact) mass is 201 g/mol. The van der Waals surface area contributed by atoms with Crippen LogP contribution in [0.25, 0.3) is 11.0 Å². The summed E-state index contributed by atoms with van der Waals surface area (Å²) < 4.78 is 0. The van der Waals surface area contributed by atoms with Gasteiger partial charge in [-0.15, -0.1) is 0 Å². The van der Waals surface area contributed by atoms with E-state index in [0.717, 1.165) is 16.9 Å². The van der Waals surface area contributed by atoms with E-state index in [9.17, 15) is 0 Å². The molecule has 15 heavy (non-hydrogen) atoms. The lowest BCUT2D eigenvalue weighted by Gasteiger charge is -2.16. The highest BCUT2D eigenvalue weighted by Crippen LogP contribution is 2.29. The van der Waals surface area contributed by atoms with Crippen LogP contribution in [-0.4, -0.2) is 28.5 Å². The number of H-pyrrole nitrogens is 1. The first-order valence-corrected chi connectivity index (χ1v) is 5.49. The van der Waals surface area contributed by atoms with Gasteiger partial charge in [-0.25, -0.2) is 4.98 Å². The van der Waals surface area contributed by atoms with Crippen LogP contribution in [0.3, 0.4) is 0 Å². The average molecular weight is 201 g/mol. The molecule has 3 nitrogen and oxygen atoms in total. The molecule has 0 spiro atoms. The smallest absolute Gasteiger partial charge is 0.124 e. The van der Waals surface area contributed by atoms with Crippen LogP contribution in [0.4, 0.5) is 0 Å². The summed E-state index contributed by atoms with van der Waals surface area (Å²) in [6.07, 6.45) is 2.49. The lowest BCUT2D eigenvalue weighted by Crippen LogP contribution is -2.18. The molecule has 0 aliphatic carbocycles. The molecule has 3 rings (SSSR count). The molecule has 1 atom stereocenters. The van der Waals surface area contributed by atoms with Gasteiger partial charge in [0.2, 0.25) is 0 Å². The van der Waals surface area contributed by atoms with Crippen molar-refractivity contribution in [2.75, 3.05) is 13.6 Å². The highest BCUT2D eigenvalue weighted by atomic mass is 15.2. The fourth-order valence-electron chi connectivity index (χ4n) is 2.39. The Morgan fingerprint density at radius 2 is 2.27 bits per heavy atom. The third-order valence-electron chi connectivity index (χ3n) is 3.24. The van der Waals surface area contributed by atoms with E-state index < -0.39 is 0 Å². The van der Waals surface area contributed by atoms with Crippen LogP contribution in [0.15, 0.2) is 24.3 Å². The Morgan fingerprint density at radius 1 is 1.40 bits per heavy atom. The minimum Gasteiger partial charge on any atom is -0.341 e. The predicted molar refractivity (Wildman–Crippen MR) is 60.7 cm³/mol. The van der Waals surface area contributed by atoms with E-state index in [4.69, 9.17) is 0 Å². The van der Waals surface area contributed by atoms with E-state index in [1.807, 2.05) is 12.1 Å². The standard InChI is InChI=1S/C12H15N3/c1-15-8-4-7-11(15)12-13-9-5-2-3-6-10(9)14-12/h2-3,5-6,11H,4,7-8H2,1H3,(H,13,14)/t11-/m0/s1.